The molecule has 2 aromatic heterocycles. The second-order valence-electron chi connectivity index (χ2n) is 3.90. The number of anilines is 1. The Balaban J connectivity index is 2.20. The van der Waals surface area contributed by atoms with E-state index in [-0.39, 0.29) is 23.6 Å². The Bertz CT molecular complexity index is 642. The van der Waals surface area contributed by atoms with Gasteiger partial charge in [0.25, 0.3) is 11.6 Å². The Morgan fingerprint density at radius 3 is 2.90 bits per heavy atom. The Morgan fingerprint density at radius 1 is 1.48 bits per heavy atom. The van der Waals surface area contributed by atoms with Crippen LogP contribution in [-0.4, -0.2) is 32.5 Å². The van der Waals surface area contributed by atoms with Crippen molar-refractivity contribution in [2.24, 2.45) is 0 Å². The molecule has 0 saturated carbocycles. The second-order valence-corrected chi connectivity index (χ2v) is 3.90. The number of hydrogen-bond donors (Lipinski definition) is 2. The Labute approximate surface area is 118 Å². The number of carbonyl (C=O) groups is 1. The van der Waals surface area contributed by atoms with E-state index in [1.54, 1.807) is 0 Å². The van der Waals surface area contributed by atoms with Crippen molar-refractivity contribution >= 4 is 17.4 Å². The molecule has 21 heavy (non-hydrogen) atoms. The van der Waals surface area contributed by atoms with Crippen molar-refractivity contribution in [2.45, 2.75) is 13.5 Å². The van der Waals surface area contributed by atoms with E-state index in [1.807, 2.05) is 6.92 Å². The van der Waals surface area contributed by atoms with Crippen molar-refractivity contribution in [2.75, 3.05) is 11.9 Å². The fourth-order valence-corrected chi connectivity index (χ4v) is 1.58. The van der Waals surface area contributed by atoms with Gasteiger partial charge in [0.1, 0.15) is 17.6 Å². The number of pyridine rings is 1. The average molecular weight is 292 g/mol. The van der Waals surface area contributed by atoms with Gasteiger partial charge in [-0.25, -0.2) is 4.98 Å². The molecule has 0 aliphatic rings. The minimum atomic E-state index is -0.661. The van der Waals surface area contributed by atoms with Gasteiger partial charge >= 0.3 is 0 Å². The standard InChI is InChI=1S/C11H12N6O4/c1-2-12-9-3-7(8(4-13-9)17(19)20)11(18)14-5-10-15-6-21-16-10/h3-4,6H,2,5H2,1H3,(H,12,13)(H,14,18). The van der Waals surface area contributed by atoms with Gasteiger partial charge in [0.15, 0.2) is 5.82 Å². The largest absolute Gasteiger partial charge is 0.370 e. The van der Waals surface area contributed by atoms with E-state index < -0.39 is 10.8 Å². The van der Waals surface area contributed by atoms with Gasteiger partial charge in [-0.3, -0.25) is 14.9 Å². The first-order valence-electron chi connectivity index (χ1n) is 6.03. The van der Waals surface area contributed by atoms with Crippen LogP contribution in [-0.2, 0) is 6.54 Å². The van der Waals surface area contributed by atoms with Gasteiger partial charge in [-0.15, -0.1) is 0 Å². The van der Waals surface area contributed by atoms with E-state index in [4.69, 9.17) is 0 Å². The molecule has 0 radical (unpaired) electrons. The van der Waals surface area contributed by atoms with Crippen molar-refractivity contribution in [3.63, 3.8) is 0 Å². The number of rotatable bonds is 6. The lowest BCUT2D eigenvalue weighted by Gasteiger charge is -2.06. The Morgan fingerprint density at radius 2 is 2.29 bits per heavy atom. The van der Waals surface area contributed by atoms with Crippen LogP contribution in [0.2, 0.25) is 0 Å². The summed E-state index contributed by atoms with van der Waals surface area (Å²) in [4.78, 5) is 30.0. The molecule has 0 aromatic carbocycles. The third-order valence-electron chi connectivity index (χ3n) is 2.50. The lowest BCUT2D eigenvalue weighted by atomic mass is 10.2. The summed E-state index contributed by atoms with van der Waals surface area (Å²) in [7, 11) is 0. The van der Waals surface area contributed by atoms with E-state index in [2.05, 4.69) is 30.3 Å². The van der Waals surface area contributed by atoms with Crippen LogP contribution in [0.4, 0.5) is 11.5 Å². The molecule has 0 aliphatic carbocycles. The number of nitro groups is 1. The first-order chi connectivity index (χ1) is 10.1. The minimum absolute atomic E-state index is 0.00531. The zero-order chi connectivity index (χ0) is 15.2. The zero-order valence-corrected chi connectivity index (χ0v) is 11.1. The van der Waals surface area contributed by atoms with E-state index in [0.717, 1.165) is 12.6 Å². The Kier molecular flexibility index (Phi) is 4.39. The van der Waals surface area contributed by atoms with Gasteiger partial charge in [-0.1, -0.05) is 5.16 Å². The number of aromatic nitrogens is 3. The van der Waals surface area contributed by atoms with Gasteiger partial charge < -0.3 is 15.2 Å². The maximum atomic E-state index is 12.1. The monoisotopic (exact) mass is 292 g/mol. The molecule has 110 valence electrons. The van der Waals surface area contributed by atoms with Crippen molar-refractivity contribution in [1.82, 2.24) is 20.4 Å². The number of nitrogens with zero attached hydrogens (tertiary/aromatic N) is 4. The molecule has 2 rings (SSSR count). The van der Waals surface area contributed by atoms with Gasteiger partial charge in [0.2, 0.25) is 6.39 Å². The molecular weight excluding hydrogens is 280 g/mol. The molecule has 10 nitrogen and oxygen atoms in total. The van der Waals surface area contributed by atoms with Gasteiger partial charge in [-0.05, 0) is 6.92 Å². The van der Waals surface area contributed by atoms with Crippen LogP contribution in [0.1, 0.15) is 23.1 Å². The first-order valence-corrected chi connectivity index (χ1v) is 6.03. The summed E-state index contributed by atoms with van der Waals surface area (Å²) in [6.45, 7) is 2.43. The summed E-state index contributed by atoms with van der Waals surface area (Å²) in [5.74, 6) is 0.0350. The van der Waals surface area contributed by atoms with Crippen molar-refractivity contribution < 1.29 is 14.2 Å². The summed E-state index contributed by atoms with van der Waals surface area (Å²) in [6, 6.07) is 1.33. The highest BCUT2D eigenvalue weighted by Crippen LogP contribution is 2.20. The molecule has 0 saturated heterocycles. The van der Waals surface area contributed by atoms with Gasteiger partial charge in [-0.2, -0.15) is 4.98 Å². The maximum Gasteiger partial charge on any atom is 0.300 e. The fraction of sp³-hybridized carbons (Fsp3) is 0.273. The van der Waals surface area contributed by atoms with Crippen molar-refractivity contribution in [3.05, 3.63) is 40.2 Å². The summed E-state index contributed by atoms with van der Waals surface area (Å²) in [5.41, 5.74) is -0.461. The summed E-state index contributed by atoms with van der Waals surface area (Å²) in [5, 5.41) is 19.8. The fourth-order valence-electron chi connectivity index (χ4n) is 1.58. The minimum Gasteiger partial charge on any atom is -0.370 e. The van der Waals surface area contributed by atoms with Crippen LogP contribution < -0.4 is 10.6 Å². The van der Waals surface area contributed by atoms with Gasteiger partial charge in [0, 0.05) is 12.6 Å². The van der Waals surface area contributed by atoms with E-state index in [9.17, 15) is 14.9 Å². The van der Waals surface area contributed by atoms with Crippen LogP contribution in [0.25, 0.3) is 0 Å². The topological polar surface area (TPSA) is 136 Å². The molecule has 1 amide bonds. The van der Waals surface area contributed by atoms with Crippen molar-refractivity contribution in [3.8, 4) is 0 Å². The second kappa shape index (κ2) is 6.41. The zero-order valence-electron chi connectivity index (χ0n) is 11.1. The van der Waals surface area contributed by atoms with E-state index in [1.165, 1.54) is 6.07 Å². The quantitative estimate of drug-likeness (QED) is 0.587. The van der Waals surface area contributed by atoms with Crippen LogP contribution >= 0.6 is 0 Å². The number of carbonyl (C=O) groups excluding carboxylic acids is 1. The van der Waals surface area contributed by atoms with E-state index in [0.29, 0.717) is 12.4 Å². The molecule has 2 heterocycles. The highest BCUT2D eigenvalue weighted by molar-refractivity contribution is 5.98. The van der Waals surface area contributed by atoms with Crippen LogP contribution in [0, 0.1) is 10.1 Å². The van der Waals surface area contributed by atoms with Crippen LogP contribution in [0.5, 0.6) is 0 Å². The van der Waals surface area contributed by atoms with Crippen LogP contribution in [0.15, 0.2) is 23.2 Å². The lowest BCUT2D eigenvalue weighted by Crippen LogP contribution is -2.24. The highest BCUT2D eigenvalue weighted by atomic mass is 16.6. The molecule has 2 N–H and O–H groups in total. The molecule has 2 aromatic rings. The van der Waals surface area contributed by atoms with Crippen LogP contribution in [0.3, 0.4) is 0 Å². The Hall–Kier alpha value is -3.04. The summed E-state index contributed by atoms with van der Waals surface area (Å²) < 4.78 is 4.52. The first kappa shape index (κ1) is 14.4. The predicted octanol–water partition coefficient (Wildman–Crippen LogP) is 0.735. The third-order valence-corrected chi connectivity index (χ3v) is 2.50. The summed E-state index contributed by atoms with van der Waals surface area (Å²) >= 11 is 0. The van der Waals surface area contributed by atoms with Gasteiger partial charge in [0.05, 0.1) is 11.5 Å². The van der Waals surface area contributed by atoms with Crippen molar-refractivity contribution in [1.29, 1.82) is 0 Å². The molecule has 10 heteroatoms. The predicted molar refractivity (Wildman–Crippen MR) is 70.5 cm³/mol. The molecule has 0 unspecified atom stereocenters. The number of amides is 1. The van der Waals surface area contributed by atoms with E-state index >= 15 is 0 Å². The molecule has 0 spiro atoms. The number of hydrogen-bond acceptors (Lipinski definition) is 8. The number of nitrogens with one attached hydrogen (secondary N) is 2. The SMILES string of the molecule is CCNc1cc(C(=O)NCc2ncon2)c([N+](=O)[O-])cn1. The molecular formula is C11H12N6O4. The molecule has 0 bridgehead atoms. The molecule has 0 fully saturated rings. The smallest absolute Gasteiger partial charge is 0.300 e. The molecule has 0 aliphatic heterocycles. The maximum absolute atomic E-state index is 12.1. The summed E-state index contributed by atoms with van der Waals surface area (Å²) in [6.07, 6.45) is 2.17. The third kappa shape index (κ3) is 3.49. The normalized spacial score (nSPS) is 10.1. The highest BCUT2D eigenvalue weighted by Gasteiger charge is 2.21. The average Bonchev–Trinajstić information content (AvgIpc) is 2.98. The lowest BCUT2D eigenvalue weighted by molar-refractivity contribution is -0.385. The molecule has 0 atom stereocenters.